The van der Waals surface area contributed by atoms with Gasteiger partial charge in [-0.1, -0.05) is 31.5 Å². The van der Waals surface area contributed by atoms with Crippen LogP contribution in [0.15, 0.2) is 18.2 Å². The molecule has 1 rings (SSSR count). The van der Waals surface area contributed by atoms with Crippen molar-refractivity contribution in [1.82, 2.24) is 5.32 Å². The fourth-order valence-electron chi connectivity index (χ4n) is 1.82. The standard InChI is InChI=1S/C12H18ClFN2/c1-12(2,7-15)11(16-3)8-4-5-10(14)9(13)6-8/h4-6,11,16H,7,15H2,1-3H3. The quantitative estimate of drug-likeness (QED) is 0.855. The normalized spacial score (nSPS) is 13.9. The van der Waals surface area contributed by atoms with Crippen LogP contribution in [0.5, 0.6) is 0 Å². The molecule has 0 fully saturated rings. The maximum absolute atomic E-state index is 13.1. The predicted octanol–water partition coefficient (Wildman–Crippen LogP) is 2.72. The van der Waals surface area contributed by atoms with Crippen LogP contribution in [0, 0.1) is 11.2 Å². The molecule has 0 amide bonds. The molecule has 1 unspecified atom stereocenters. The van der Waals surface area contributed by atoms with Crippen LogP contribution < -0.4 is 11.1 Å². The molecule has 0 saturated heterocycles. The average molecular weight is 245 g/mol. The van der Waals surface area contributed by atoms with Crippen LogP contribution in [0.3, 0.4) is 0 Å². The zero-order valence-corrected chi connectivity index (χ0v) is 10.6. The number of nitrogens with two attached hydrogens (primary N) is 1. The molecular weight excluding hydrogens is 227 g/mol. The van der Waals surface area contributed by atoms with Crippen LogP contribution in [0.25, 0.3) is 0 Å². The Bertz CT molecular complexity index is 366. The highest BCUT2D eigenvalue weighted by atomic mass is 35.5. The topological polar surface area (TPSA) is 38.0 Å². The largest absolute Gasteiger partial charge is 0.330 e. The van der Waals surface area contributed by atoms with Crippen LogP contribution in [-0.4, -0.2) is 13.6 Å². The summed E-state index contributed by atoms with van der Waals surface area (Å²) in [5, 5.41) is 3.34. The Morgan fingerprint density at radius 3 is 2.56 bits per heavy atom. The third kappa shape index (κ3) is 2.73. The molecule has 0 radical (unpaired) electrons. The SMILES string of the molecule is CNC(c1ccc(F)c(Cl)c1)C(C)(C)CN. The van der Waals surface area contributed by atoms with Crippen molar-refractivity contribution in [2.24, 2.45) is 11.1 Å². The van der Waals surface area contributed by atoms with Gasteiger partial charge in [-0.3, -0.25) is 0 Å². The molecular formula is C12H18ClFN2. The minimum Gasteiger partial charge on any atom is -0.330 e. The van der Waals surface area contributed by atoms with Crippen molar-refractivity contribution in [2.75, 3.05) is 13.6 Å². The van der Waals surface area contributed by atoms with Gasteiger partial charge in [0, 0.05) is 6.04 Å². The molecule has 0 aromatic heterocycles. The minimum atomic E-state index is -0.397. The molecule has 3 N–H and O–H groups in total. The van der Waals surface area contributed by atoms with Crippen molar-refractivity contribution in [3.8, 4) is 0 Å². The third-order valence-corrected chi connectivity index (χ3v) is 3.16. The van der Waals surface area contributed by atoms with Gasteiger partial charge in [0.15, 0.2) is 0 Å². The predicted molar refractivity (Wildman–Crippen MR) is 66.0 cm³/mol. The van der Waals surface area contributed by atoms with E-state index in [1.807, 2.05) is 7.05 Å². The van der Waals surface area contributed by atoms with Gasteiger partial charge in [0.25, 0.3) is 0 Å². The van der Waals surface area contributed by atoms with Crippen molar-refractivity contribution in [3.05, 3.63) is 34.6 Å². The Morgan fingerprint density at radius 1 is 1.50 bits per heavy atom. The first-order chi connectivity index (χ1) is 7.42. The van der Waals surface area contributed by atoms with Crippen LogP contribution in [0.1, 0.15) is 25.5 Å². The summed E-state index contributed by atoms with van der Waals surface area (Å²) in [6.07, 6.45) is 0. The summed E-state index contributed by atoms with van der Waals surface area (Å²) in [6, 6.07) is 4.82. The lowest BCUT2D eigenvalue weighted by Gasteiger charge is -2.33. The number of rotatable bonds is 4. The maximum Gasteiger partial charge on any atom is 0.141 e. The Hall–Kier alpha value is -0.640. The van der Waals surface area contributed by atoms with E-state index < -0.39 is 5.82 Å². The van der Waals surface area contributed by atoms with Gasteiger partial charge >= 0.3 is 0 Å². The fourth-order valence-corrected chi connectivity index (χ4v) is 2.01. The molecule has 0 aliphatic rings. The number of hydrogen-bond donors (Lipinski definition) is 2. The van der Waals surface area contributed by atoms with Crippen LogP contribution in [0.2, 0.25) is 5.02 Å². The summed E-state index contributed by atoms with van der Waals surface area (Å²) in [5.74, 6) is -0.397. The van der Waals surface area contributed by atoms with Gasteiger partial charge in [-0.2, -0.15) is 0 Å². The van der Waals surface area contributed by atoms with Gasteiger partial charge < -0.3 is 11.1 Å². The second-order valence-electron chi connectivity index (χ2n) is 4.59. The van der Waals surface area contributed by atoms with E-state index in [9.17, 15) is 4.39 Å². The highest BCUT2D eigenvalue weighted by Gasteiger charge is 2.28. The third-order valence-electron chi connectivity index (χ3n) is 2.87. The van der Waals surface area contributed by atoms with E-state index in [4.69, 9.17) is 17.3 Å². The Morgan fingerprint density at radius 2 is 2.12 bits per heavy atom. The van der Waals surface area contributed by atoms with Crippen LogP contribution in [-0.2, 0) is 0 Å². The molecule has 1 aromatic carbocycles. The highest BCUT2D eigenvalue weighted by Crippen LogP contribution is 2.33. The molecule has 1 atom stereocenters. The van der Waals surface area contributed by atoms with E-state index in [1.165, 1.54) is 6.07 Å². The lowest BCUT2D eigenvalue weighted by molar-refractivity contribution is 0.265. The smallest absolute Gasteiger partial charge is 0.141 e. The molecule has 2 nitrogen and oxygen atoms in total. The van der Waals surface area contributed by atoms with Gasteiger partial charge in [-0.15, -0.1) is 0 Å². The molecule has 1 aromatic rings. The number of halogens is 2. The van der Waals surface area contributed by atoms with Gasteiger partial charge in [0.05, 0.1) is 5.02 Å². The second-order valence-corrected chi connectivity index (χ2v) is 5.00. The monoisotopic (exact) mass is 244 g/mol. The van der Waals surface area contributed by atoms with E-state index in [-0.39, 0.29) is 16.5 Å². The molecule has 0 heterocycles. The number of hydrogen-bond acceptors (Lipinski definition) is 2. The maximum atomic E-state index is 13.1. The zero-order valence-electron chi connectivity index (χ0n) is 9.85. The Labute approximate surface area is 101 Å². The lowest BCUT2D eigenvalue weighted by Crippen LogP contribution is -2.37. The van der Waals surface area contributed by atoms with Gasteiger partial charge in [-0.05, 0) is 36.7 Å². The van der Waals surface area contributed by atoms with Crippen molar-refractivity contribution < 1.29 is 4.39 Å². The second kappa shape index (κ2) is 5.13. The first-order valence-corrected chi connectivity index (χ1v) is 5.62. The molecule has 16 heavy (non-hydrogen) atoms. The minimum absolute atomic E-state index is 0.0515. The van der Waals surface area contributed by atoms with E-state index in [0.29, 0.717) is 6.54 Å². The summed E-state index contributed by atoms with van der Waals surface area (Å²) in [6.45, 7) is 4.66. The van der Waals surface area contributed by atoms with Gasteiger partial charge in [0.1, 0.15) is 5.82 Å². The van der Waals surface area contributed by atoms with Crippen LogP contribution >= 0.6 is 11.6 Å². The van der Waals surface area contributed by atoms with Gasteiger partial charge in [0.2, 0.25) is 0 Å². The first-order valence-electron chi connectivity index (χ1n) is 5.24. The Kier molecular flexibility index (Phi) is 4.30. The molecule has 0 bridgehead atoms. The first kappa shape index (κ1) is 13.4. The van der Waals surface area contributed by atoms with E-state index in [1.54, 1.807) is 12.1 Å². The molecule has 90 valence electrons. The molecule has 0 aliphatic carbocycles. The number of benzene rings is 1. The summed E-state index contributed by atoms with van der Waals surface area (Å²) in [4.78, 5) is 0. The lowest BCUT2D eigenvalue weighted by atomic mass is 9.80. The van der Waals surface area contributed by atoms with Crippen molar-refractivity contribution in [1.29, 1.82) is 0 Å². The number of nitrogens with one attached hydrogen (secondary N) is 1. The van der Waals surface area contributed by atoms with E-state index in [0.717, 1.165) is 5.56 Å². The summed E-state index contributed by atoms with van der Waals surface area (Å²) < 4.78 is 13.1. The van der Waals surface area contributed by atoms with Crippen molar-refractivity contribution >= 4 is 11.6 Å². The molecule has 0 saturated carbocycles. The summed E-state index contributed by atoms with van der Waals surface area (Å²) in [5.41, 5.74) is 6.57. The summed E-state index contributed by atoms with van der Waals surface area (Å²) >= 11 is 5.77. The van der Waals surface area contributed by atoms with E-state index >= 15 is 0 Å². The fraction of sp³-hybridized carbons (Fsp3) is 0.500. The Balaban J connectivity index is 3.09. The zero-order chi connectivity index (χ0) is 12.3. The average Bonchev–Trinajstić information content (AvgIpc) is 2.24. The molecule has 0 aliphatic heterocycles. The molecule has 4 heteroatoms. The van der Waals surface area contributed by atoms with Crippen LogP contribution in [0.4, 0.5) is 4.39 Å². The highest BCUT2D eigenvalue weighted by molar-refractivity contribution is 6.30. The summed E-state index contributed by atoms with van der Waals surface area (Å²) in [7, 11) is 1.86. The van der Waals surface area contributed by atoms with Crippen molar-refractivity contribution in [2.45, 2.75) is 19.9 Å². The molecule has 0 spiro atoms. The van der Waals surface area contributed by atoms with E-state index in [2.05, 4.69) is 19.2 Å². The van der Waals surface area contributed by atoms with Gasteiger partial charge in [-0.25, -0.2) is 4.39 Å². The van der Waals surface area contributed by atoms with Crippen molar-refractivity contribution in [3.63, 3.8) is 0 Å².